The Morgan fingerprint density at radius 1 is 1.00 bits per heavy atom. The molecule has 4 nitrogen and oxygen atoms in total. The van der Waals surface area contributed by atoms with Crippen LogP contribution in [0.5, 0.6) is 0 Å². The maximum Gasteiger partial charge on any atom is 0.137 e. The van der Waals surface area contributed by atoms with Gasteiger partial charge in [0.25, 0.3) is 0 Å². The first kappa shape index (κ1) is 15.8. The van der Waals surface area contributed by atoms with Gasteiger partial charge in [-0.2, -0.15) is 0 Å². The minimum Gasteiger partial charge on any atom is -0.367 e. The minimum atomic E-state index is 0.526. The molecule has 4 heteroatoms. The van der Waals surface area contributed by atoms with Crippen LogP contribution in [0.15, 0.2) is 24.5 Å². The summed E-state index contributed by atoms with van der Waals surface area (Å²) in [6, 6.07) is 8.30. The monoisotopic (exact) mass is 324 g/mol. The van der Waals surface area contributed by atoms with Gasteiger partial charge in [-0.15, -0.1) is 0 Å². The zero-order valence-corrected chi connectivity index (χ0v) is 14.8. The van der Waals surface area contributed by atoms with Crippen LogP contribution in [0.25, 0.3) is 10.9 Å². The lowest BCUT2D eigenvalue weighted by molar-refractivity contribution is 0.317. The van der Waals surface area contributed by atoms with Gasteiger partial charge in [0.15, 0.2) is 0 Å². The molecule has 1 atom stereocenters. The van der Waals surface area contributed by atoms with E-state index in [0.29, 0.717) is 18.1 Å². The second kappa shape index (κ2) is 6.67. The van der Waals surface area contributed by atoms with E-state index in [1.54, 1.807) is 6.33 Å². The van der Waals surface area contributed by atoms with Crippen LogP contribution >= 0.6 is 0 Å². The Bertz CT molecular complexity index is 702. The first-order valence-electron chi connectivity index (χ1n) is 9.43. The fraction of sp³-hybridized carbons (Fsp3) is 0.600. The molecule has 4 rings (SSSR count). The average Bonchev–Trinajstić information content (AvgIpc) is 3.42. The Morgan fingerprint density at radius 2 is 1.75 bits per heavy atom. The molecule has 2 saturated carbocycles. The molecule has 0 aliphatic heterocycles. The van der Waals surface area contributed by atoms with E-state index in [0.717, 1.165) is 22.6 Å². The number of nitrogens with one attached hydrogen (secondary N) is 2. The molecule has 24 heavy (non-hydrogen) atoms. The predicted octanol–water partition coefficient (Wildman–Crippen LogP) is 4.05. The van der Waals surface area contributed by atoms with Crippen molar-refractivity contribution in [2.24, 2.45) is 5.92 Å². The van der Waals surface area contributed by atoms with Crippen LogP contribution in [-0.2, 0) is 0 Å². The standard InChI is InChI=1S/C20H28N4/c1-13-3-10-19-18(11-13)20(22-12-21-19)24-17-8-6-16(7-9-17)23-14(2)15-4-5-15/h3,10-12,14-17,23H,4-9H2,1-2H3,(H,21,22,24)/t14?,16-,17-. The molecule has 1 aromatic heterocycles. The highest BCUT2D eigenvalue weighted by Gasteiger charge is 2.30. The quantitative estimate of drug-likeness (QED) is 0.871. The SMILES string of the molecule is Cc1ccc2ncnc(N[C@H]3CC[C@H](NC(C)C4CC4)CC3)c2c1. The van der Waals surface area contributed by atoms with Crippen LogP contribution < -0.4 is 10.6 Å². The van der Waals surface area contributed by atoms with E-state index in [9.17, 15) is 0 Å². The molecule has 0 radical (unpaired) electrons. The van der Waals surface area contributed by atoms with Gasteiger partial charge >= 0.3 is 0 Å². The van der Waals surface area contributed by atoms with Crippen LogP contribution in [0.2, 0.25) is 0 Å². The van der Waals surface area contributed by atoms with Gasteiger partial charge in [0.1, 0.15) is 12.1 Å². The molecule has 2 aliphatic carbocycles. The summed E-state index contributed by atoms with van der Waals surface area (Å²) in [6.07, 6.45) is 9.47. The molecule has 1 heterocycles. The number of hydrogen-bond acceptors (Lipinski definition) is 4. The Balaban J connectivity index is 1.37. The van der Waals surface area contributed by atoms with Crippen molar-refractivity contribution in [2.75, 3.05) is 5.32 Å². The molecule has 2 N–H and O–H groups in total. The van der Waals surface area contributed by atoms with Gasteiger partial charge in [-0.3, -0.25) is 0 Å². The van der Waals surface area contributed by atoms with Gasteiger partial charge in [0, 0.05) is 23.5 Å². The molecule has 2 fully saturated rings. The van der Waals surface area contributed by atoms with Crippen LogP contribution in [-0.4, -0.2) is 28.1 Å². The third-order valence-corrected chi connectivity index (χ3v) is 5.69. The summed E-state index contributed by atoms with van der Waals surface area (Å²) in [5, 5.41) is 8.67. The number of rotatable bonds is 5. The molecule has 0 spiro atoms. The Morgan fingerprint density at radius 3 is 2.50 bits per heavy atom. The number of aromatic nitrogens is 2. The zero-order chi connectivity index (χ0) is 16.5. The largest absolute Gasteiger partial charge is 0.367 e. The molecular formula is C20H28N4. The lowest BCUT2D eigenvalue weighted by Gasteiger charge is -2.32. The first-order valence-corrected chi connectivity index (χ1v) is 9.43. The van der Waals surface area contributed by atoms with Crippen LogP contribution in [0.4, 0.5) is 5.82 Å². The van der Waals surface area contributed by atoms with E-state index in [2.05, 4.69) is 52.6 Å². The highest BCUT2D eigenvalue weighted by atomic mass is 15.0. The summed E-state index contributed by atoms with van der Waals surface area (Å²) < 4.78 is 0. The van der Waals surface area contributed by atoms with E-state index >= 15 is 0 Å². The van der Waals surface area contributed by atoms with Crippen molar-refractivity contribution in [3.8, 4) is 0 Å². The fourth-order valence-electron chi connectivity index (χ4n) is 3.99. The van der Waals surface area contributed by atoms with E-state index in [4.69, 9.17) is 0 Å². The van der Waals surface area contributed by atoms with E-state index in [1.165, 1.54) is 44.1 Å². The van der Waals surface area contributed by atoms with Gasteiger partial charge in [0.05, 0.1) is 5.52 Å². The molecule has 0 bridgehead atoms. The molecule has 1 unspecified atom stereocenters. The average molecular weight is 324 g/mol. The third-order valence-electron chi connectivity index (χ3n) is 5.69. The maximum atomic E-state index is 4.50. The minimum absolute atomic E-state index is 0.526. The molecular weight excluding hydrogens is 296 g/mol. The fourth-order valence-corrected chi connectivity index (χ4v) is 3.99. The zero-order valence-electron chi connectivity index (χ0n) is 14.8. The highest BCUT2D eigenvalue weighted by molar-refractivity contribution is 5.89. The van der Waals surface area contributed by atoms with E-state index in [1.807, 2.05) is 0 Å². The number of aryl methyl sites for hydroxylation is 1. The number of fused-ring (bicyclic) bond motifs is 1. The third kappa shape index (κ3) is 3.54. The Labute approximate surface area is 144 Å². The van der Waals surface area contributed by atoms with Crippen LogP contribution in [0, 0.1) is 12.8 Å². The van der Waals surface area contributed by atoms with Crippen LogP contribution in [0.1, 0.15) is 51.0 Å². The summed E-state index contributed by atoms with van der Waals surface area (Å²) in [4.78, 5) is 8.89. The summed E-state index contributed by atoms with van der Waals surface area (Å²) in [6.45, 7) is 4.48. The second-order valence-electron chi connectivity index (χ2n) is 7.73. The van der Waals surface area contributed by atoms with Gasteiger partial charge in [-0.1, -0.05) is 11.6 Å². The second-order valence-corrected chi connectivity index (χ2v) is 7.73. The summed E-state index contributed by atoms with van der Waals surface area (Å²) in [5.41, 5.74) is 2.27. The number of benzene rings is 1. The van der Waals surface area contributed by atoms with Crippen molar-refractivity contribution in [1.29, 1.82) is 0 Å². The number of hydrogen-bond donors (Lipinski definition) is 2. The van der Waals surface area contributed by atoms with Crippen LogP contribution in [0.3, 0.4) is 0 Å². The van der Waals surface area contributed by atoms with Crippen molar-refractivity contribution < 1.29 is 0 Å². The Kier molecular flexibility index (Phi) is 4.40. The molecule has 0 saturated heterocycles. The lowest BCUT2D eigenvalue weighted by atomic mass is 9.90. The number of nitrogens with zero attached hydrogens (tertiary/aromatic N) is 2. The summed E-state index contributed by atoms with van der Waals surface area (Å²) in [5.74, 6) is 1.93. The van der Waals surface area contributed by atoms with Crippen molar-refractivity contribution >= 4 is 16.7 Å². The highest BCUT2D eigenvalue weighted by Crippen LogP contribution is 2.33. The van der Waals surface area contributed by atoms with E-state index in [-0.39, 0.29) is 0 Å². The van der Waals surface area contributed by atoms with Crippen molar-refractivity contribution in [3.63, 3.8) is 0 Å². The molecule has 2 aliphatic rings. The normalized spacial score (nSPS) is 25.6. The predicted molar refractivity (Wildman–Crippen MR) is 99.3 cm³/mol. The van der Waals surface area contributed by atoms with Crippen molar-refractivity contribution in [1.82, 2.24) is 15.3 Å². The Hall–Kier alpha value is -1.68. The topological polar surface area (TPSA) is 49.8 Å². The number of anilines is 1. The molecule has 128 valence electrons. The van der Waals surface area contributed by atoms with Gasteiger partial charge in [0.2, 0.25) is 0 Å². The summed E-state index contributed by atoms with van der Waals surface area (Å²) in [7, 11) is 0. The van der Waals surface area contributed by atoms with Crippen molar-refractivity contribution in [3.05, 3.63) is 30.1 Å². The van der Waals surface area contributed by atoms with Gasteiger partial charge < -0.3 is 10.6 Å². The first-order chi connectivity index (χ1) is 11.7. The van der Waals surface area contributed by atoms with Gasteiger partial charge in [-0.25, -0.2) is 9.97 Å². The maximum absolute atomic E-state index is 4.50. The smallest absolute Gasteiger partial charge is 0.137 e. The summed E-state index contributed by atoms with van der Waals surface area (Å²) >= 11 is 0. The lowest BCUT2D eigenvalue weighted by Crippen LogP contribution is -2.42. The van der Waals surface area contributed by atoms with E-state index < -0.39 is 0 Å². The van der Waals surface area contributed by atoms with Crippen molar-refractivity contribution in [2.45, 2.75) is 70.5 Å². The molecule has 1 aromatic carbocycles. The molecule has 2 aromatic rings. The van der Waals surface area contributed by atoms with Gasteiger partial charge in [-0.05, 0) is 70.4 Å². The molecule has 0 amide bonds.